The van der Waals surface area contributed by atoms with Crippen LogP contribution in [0.5, 0.6) is 0 Å². The fourth-order valence-electron chi connectivity index (χ4n) is 1.78. The summed E-state index contributed by atoms with van der Waals surface area (Å²) in [5.41, 5.74) is 3.21. The van der Waals surface area contributed by atoms with Crippen molar-refractivity contribution in [3.05, 3.63) is 49.8 Å². The van der Waals surface area contributed by atoms with E-state index in [0.29, 0.717) is 12.1 Å². The Morgan fingerprint density at radius 3 is 3.06 bits per heavy atom. The summed E-state index contributed by atoms with van der Waals surface area (Å²) < 4.78 is 4.15. The number of aryl methyl sites for hydroxylation is 1. The minimum Gasteiger partial charge on any atom is -0.305 e. The molecule has 0 saturated heterocycles. The van der Waals surface area contributed by atoms with Gasteiger partial charge < -0.3 is 4.57 Å². The lowest BCUT2D eigenvalue weighted by atomic mass is 10.3. The van der Waals surface area contributed by atoms with Gasteiger partial charge in [-0.2, -0.15) is 0 Å². The van der Waals surface area contributed by atoms with Crippen molar-refractivity contribution in [2.24, 2.45) is 0 Å². The van der Waals surface area contributed by atoms with Gasteiger partial charge in [-0.3, -0.25) is 9.20 Å². The highest BCUT2D eigenvalue weighted by molar-refractivity contribution is 9.10. The van der Waals surface area contributed by atoms with Gasteiger partial charge in [0.1, 0.15) is 16.4 Å². The van der Waals surface area contributed by atoms with Crippen LogP contribution in [0.15, 0.2) is 33.6 Å². The Kier molecular flexibility index (Phi) is 2.79. The lowest BCUT2D eigenvalue weighted by Gasteiger charge is -2.07. The molecule has 18 heavy (non-hydrogen) atoms. The van der Waals surface area contributed by atoms with Crippen LogP contribution < -0.4 is 5.56 Å². The van der Waals surface area contributed by atoms with E-state index in [-0.39, 0.29) is 5.56 Å². The highest BCUT2D eigenvalue weighted by Gasteiger charge is 2.09. The topological polar surface area (TPSA) is 52.2 Å². The molecule has 0 bridgehead atoms. The van der Waals surface area contributed by atoms with Crippen LogP contribution in [0.1, 0.15) is 10.6 Å². The number of imidazole rings is 1. The number of rotatable bonds is 2. The number of hydrogen-bond donors (Lipinski definition) is 0. The molecule has 0 saturated carbocycles. The summed E-state index contributed by atoms with van der Waals surface area (Å²) >= 11 is 5.01. The van der Waals surface area contributed by atoms with Crippen LogP contribution in [0.4, 0.5) is 0 Å². The van der Waals surface area contributed by atoms with Crippen LogP contribution in [0.2, 0.25) is 0 Å². The van der Waals surface area contributed by atoms with Crippen LogP contribution >= 0.6 is 27.3 Å². The zero-order chi connectivity index (χ0) is 12.7. The Hall–Kier alpha value is -1.47. The maximum Gasteiger partial charge on any atom is 0.276 e. The van der Waals surface area contributed by atoms with Gasteiger partial charge in [0, 0.05) is 11.1 Å². The predicted octanol–water partition coefficient (Wildman–Crippen LogP) is 2.07. The molecular weight excluding hydrogens is 316 g/mol. The molecule has 3 heterocycles. The molecule has 0 aliphatic rings. The third-order valence-corrected chi connectivity index (χ3v) is 4.16. The zero-order valence-corrected chi connectivity index (χ0v) is 11.9. The second kappa shape index (κ2) is 4.33. The average Bonchev–Trinajstić information content (AvgIpc) is 2.96. The van der Waals surface area contributed by atoms with E-state index >= 15 is 0 Å². The third kappa shape index (κ3) is 1.79. The van der Waals surface area contributed by atoms with Crippen LogP contribution in [0.25, 0.3) is 5.52 Å². The number of aromatic nitrogens is 4. The van der Waals surface area contributed by atoms with Gasteiger partial charge in [-0.15, -0.1) is 11.3 Å². The Bertz CT molecular complexity index is 773. The maximum atomic E-state index is 12.2. The molecule has 0 radical (unpaired) electrons. The molecule has 0 atom stereocenters. The monoisotopic (exact) mass is 324 g/mol. The summed E-state index contributed by atoms with van der Waals surface area (Å²) in [5, 5.41) is 0. The quantitative estimate of drug-likeness (QED) is 0.725. The second-order valence-corrected chi connectivity index (χ2v) is 5.76. The van der Waals surface area contributed by atoms with Crippen molar-refractivity contribution in [3.8, 4) is 0 Å². The molecule has 3 aromatic rings. The molecule has 0 N–H and O–H groups in total. The molecule has 5 nitrogen and oxygen atoms in total. The first-order valence-electron chi connectivity index (χ1n) is 5.27. The Labute approximate surface area is 115 Å². The third-order valence-electron chi connectivity index (χ3n) is 2.78. The molecule has 0 aliphatic carbocycles. The molecule has 0 fully saturated rings. The van der Waals surface area contributed by atoms with E-state index in [1.807, 2.05) is 6.92 Å². The summed E-state index contributed by atoms with van der Waals surface area (Å²) in [6.45, 7) is 2.49. The molecule has 3 aromatic heterocycles. The molecule has 7 heteroatoms. The molecule has 0 spiro atoms. The Morgan fingerprint density at radius 1 is 1.50 bits per heavy atom. The van der Waals surface area contributed by atoms with Crippen molar-refractivity contribution < 1.29 is 0 Å². The van der Waals surface area contributed by atoms with Gasteiger partial charge >= 0.3 is 0 Å². The largest absolute Gasteiger partial charge is 0.305 e. The minimum atomic E-state index is -0.0666. The zero-order valence-electron chi connectivity index (χ0n) is 9.50. The standard InChI is InChI=1S/C11H9BrN4OS/c1-7-8(14-6-18-7)3-15-4-10(12)16-5-13-2-9(16)11(15)17/h2,4-6H,3H2,1H3. The molecular formula is C11H9BrN4OS. The fourth-order valence-corrected chi connectivity index (χ4v) is 2.90. The average molecular weight is 325 g/mol. The number of hydrogen-bond acceptors (Lipinski definition) is 4. The van der Waals surface area contributed by atoms with Gasteiger partial charge in [-0.05, 0) is 22.9 Å². The summed E-state index contributed by atoms with van der Waals surface area (Å²) in [6, 6.07) is 0. The lowest BCUT2D eigenvalue weighted by Crippen LogP contribution is -2.22. The van der Waals surface area contributed by atoms with Crippen LogP contribution in [0, 0.1) is 6.92 Å². The van der Waals surface area contributed by atoms with Crippen LogP contribution in [-0.4, -0.2) is 18.9 Å². The molecule has 3 rings (SSSR count). The Morgan fingerprint density at radius 2 is 2.33 bits per heavy atom. The van der Waals surface area contributed by atoms with E-state index in [4.69, 9.17) is 0 Å². The van der Waals surface area contributed by atoms with Gasteiger partial charge in [-0.1, -0.05) is 0 Å². The summed E-state index contributed by atoms with van der Waals surface area (Å²) in [5.74, 6) is 0. The molecule has 0 aromatic carbocycles. The lowest BCUT2D eigenvalue weighted by molar-refractivity contribution is 0.730. The first kappa shape index (κ1) is 11.6. The SMILES string of the molecule is Cc1scnc1Cn1cc(Br)n2cncc2c1=O. The summed E-state index contributed by atoms with van der Waals surface area (Å²) in [7, 11) is 0. The van der Waals surface area contributed by atoms with Crippen molar-refractivity contribution in [1.29, 1.82) is 0 Å². The highest BCUT2D eigenvalue weighted by Crippen LogP contribution is 2.14. The van der Waals surface area contributed by atoms with Gasteiger partial charge in [0.05, 0.1) is 23.9 Å². The van der Waals surface area contributed by atoms with Crippen molar-refractivity contribution in [2.45, 2.75) is 13.5 Å². The minimum absolute atomic E-state index is 0.0666. The van der Waals surface area contributed by atoms with Crippen molar-refractivity contribution in [2.75, 3.05) is 0 Å². The number of nitrogens with zero attached hydrogens (tertiary/aromatic N) is 4. The fraction of sp³-hybridized carbons (Fsp3) is 0.182. The van der Waals surface area contributed by atoms with Crippen LogP contribution in [0.3, 0.4) is 0 Å². The number of halogens is 1. The normalized spacial score (nSPS) is 11.2. The molecule has 92 valence electrons. The van der Waals surface area contributed by atoms with Crippen LogP contribution in [-0.2, 0) is 6.54 Å². The first-order chi connectivity index (χ1) is 8.66. The van der Waals surface area contributed by atoms with E-state index < -0.39 is 0 Å². The number of thiazole rings is 1. The number of fused-ring (bicyclic) bond motifs is 1. The van der Waals surface area contributed by atoms with Gasteiger partial charge in [0.25, 0.3) is 5.56 Å². The second-order valence-electron chi connectivity index (χ2n) is 3.89. The summed E-state index contributed by atoms with van der Waals surface area (Å²) in [4.78, 5) is 21.6. The van der Waals surface area contributed by atoms with Gasteiger partial charge in [-0.25, -0.2) is 9.97 Å². The van der Waals surface area contributed by atoms with E-state index in [2.05, 4.69) is 25.9 Å². The van der Waals surface area contributed by atoms with Crippen molar-refractivity contribution >= 4 is 32.8 Å². The van der Waals surface area contributed by atoms with E-state index in [0.717, 1.165) is 15.2 Å². The Balaban J connectivity index is 2.15. The van der Waals surface area contributed by atoms with Gasteiger partial charge in [0.2, 0.25) is 0 Å². The molecule has 0 unspecified atom stereocenters. The maximum absolute atomic E-state index is 12.2. The van der Waals surface area contributed by atoms with Gasteiger partial charge in [0.15, 0.2) is 0 Å². The molecule has 0 aliphatic heterocycles. The van der Waals surface area contributed by atoms with Crippen molar-refractivity contribution in [3.63, 3.8) is 0 Å². The highest BCUT2D eigenvalue weighted by atomic mass is 79.9. The van der Waals surface area contributed by atoms with E-state index in [9.17, 15) is 4.79 Å². The first-order valence-corrected chi connectivity index (χ1v) is 6.94. The van der Waals surface area contributed by atoms with E-state index in [1.165, 1.54) is 0 Å². The summed E-state index contributed by atoms with van der Waals surface area (Å²) in [6.07, 6.45) is 4.94. The smallest absolute Gasteiger partial charge is 0.276 e. The predicted molar refractivity (Wildman–Crippen MR) is 73.1 cm³/mol. The molecule has 0 amide bonds. The van der Waals surface area contributed by atoms with E-state index in [1.54, 1.807) is 44.5 Å². The van der Waals surface area contributed by atoms with Crippen molar-refractivity contribution in [1.82, 2.24) is 18.9 Å².